The molecule has 1 aliphatic rings. The lowest BCUT2D eigenvalue weighted by Gasteiger charge is -2.15. The van der Waals surface area contributed by atoms with Crippen molar-refractivity contribution in [2.24, 2.45) is 0 Å². The Morgan fingerprint density at radius 3 is 3.11 bits per heavy atom. The fourth-order valence-corrected chi connectivity index (χ4v) is 2.51. The van der Waals surface area contributed by atoms with Gasteiger partial charge >= 0.3 is 0 Å². The number of imidazole rings is 1. The van der Waals surface area contributed by atoms with Crippen LogP contribution in [0.2, 0.25) is 0 Å². The van der Waals surface area contributed by atoms with E-state index >= 15 is 0 Å². The number of aromatic nitrogens is 3. The third kappa shape index (κ3) is 1.75. The Morgan fingerprint density at radius 2 is 2.44 bits per heavy atom. The molecule has 18 heavy (non-hydrogen) atoms. The summed E-state index contributed by atoms with van der Waals surface area (Å²) >= 11 is 6.18. The highest BCUT2D eigenvalue weighted by atomic mass is 35.5. The van der Waals surface area contributed by atoms with Gasteiger partial charge in [-0.15, -0.1) is 11.6 Å². The number of carbonyl (C=O) groups is 1. The highest BCUT2D eigenvalue weighted by Gasteiger charge is 2.28. The largest absolute Gasteiger partial charge is 0.354 e. The summed E-state index contributed by atoms with van der Waals surface area (Å²) < 4.78 is 1.99. The van der Waals surface area contributed by atoms with Gasteiger partial charge < -0.3 is 9.88 Å². The Hall–Kier alpha value is -1.62. The number of pyridine rings is 1. The van der Waals surface area contributed by atoms with Crippen LogP contribution in [0.25, 0.3) is 11.2 Å². The number of nitrogens with one attached hydrogen (secondary N) is 1. The minimum Gasteiger partial charge on any atom is -0.354 e. The van der Waals surface area contributed by atoms with Crippen molar-refractivity contribution in [1.82, 2.24) is 19.9 Å². The maximum Gasteiger partial charge on any atom is 0.222 e. The van der Waals surface area contributed by atoms with Crippen LogP contribution in [0, 0.1) is 0 Å². The van der Waals surface area contributed by atoms with Crippen LogP contribution in [0.3, 0.4) is 0 Å². The van der Waals surface area contributed by atoms with Crippen LogP contribution in [-0.2, 0) is 4.79 Å². The van der Waals surface area contributed by atoms with Crippen molar-refractivity contribution < 1.29 is 4.79 Å². The Morgan fingerprint density at radius 1 is 1.61 bits per heavy atom. The second-order valence-electron chi connectivity index (χ2n) is 4.46. The second kappa shape index (κ2) is 4.24. The zero-order chi connectivity index (χ0) is 12.7. The van der Waals surface area contributed by atoms with E-state index in [9.17, 15) is 4.79 Å². The van der Waals surface area contributed by atoms with E-state index in [4.69, 9.17) is 11.6 Å². The van der Waals surface area contributed by atoms with Gasteiger partial charge in [-0.2, -0.15) is 0 Å². The summed E-state index contributed by atoms with van der Waals surface area (Å²) in [6, 6.07) is 3.81. The van der Waals surface area contributed by atoms with E-state index < -0.39 is 0 Å². The quantitative estimate of drug-likeness (QED) is 0.842. The molecule has 2 aromatic heterocycles. The van der Waals surface area contributed by atoms with Crippen molar-refractivity contribution in [2.75, 3.05) is 6.54 Å². The van der Waals surface area contributed by atoms with Crippen molar-refractivity contribution in [2.45, 2.75) is 24.8 Å². The fourth-order valence-electron chi connectivity index (χ4n) is 2.36. The van der Waals surface area contributed by atoms with Gasteiger partial charge in [-0.25, -0.2) is 9.97 Å². The van der Waals surface area contributed by atoms with Gasteiger partial charge in [0, 0.05) is 19.2 Å². The summed E-state index contributed by atoms with van der Waals surface area (Å²) in [5.41, 5.74) is 1.61. The second-order valence-corrected chi connectivity index (χ2v) is 5.12. The fraction of sp³-hybridized carbons (Fsp3) is 0.417. The lowest BCUT2D eigenvalue weighted by atomic mass is 10.2. The van der Waals surface area contributed by atoms with Gasteiger partial charge in [0.05, 0.1) is 11.4 Å². The van der Waals surface area contributed by atoms with Crippen LogP contribution in [-0.4, -0.2) is 27.0 Å². The molecule has 0 saturated carbocycles. The number of hydrogen-bond acceptors (Lipinski definition) is 3. The van der Waals surface area contributed by atoms with Crippen LogP contribution < -0.4 is 5.32 Å². The maximum absolute atomic E-state index is 11.4. The molecule has 3 heterocycles. The van der Waals surface area contributed by atoms with E-state index in [1.54, 1.807) is 6.20 Å². The molecule has 2 aromatic rings. The minimum absolute atomic E-state index is 0.0496. The molecule has 6 heteroatoms. The lowest BCUT2D eigenvalue weighted by molar-refractivity contribution is -0.119. The van der Waals surface area contributed by atoms with Gasteiger partial charge in [0.1, 0.15) is 11.3 Å². The summed E-state index contributed by atoms with van der Waals surface area (Å²) in [6.45, 7) is 2.49. The van der Waals surface area contributed by atoms with Crippen molar-refractivity contribution >= 4 is 28.7 Å². The Balaban J connectivity index is 2.18. The molecule has 0 bridgehead atoms. The lowest BCUT2D eigenvalue weighted by Crippen LogP contribution is -2.17. The maximum atomic E-state index is 11.4. The highest BCUT2D eigenvalue weighted by molar-refractivity contribution is 6.20. The predicted molar refractivity (Wildman–Crippen MR) is 68.5 cm³/mol. The van der Waals surface area contributed by atoms with E-state index in [-0.39, 0.29) is 17.3 Å². The van der Waals surface area contributed by atoms with Crippen molar-refractivity contribution in [3.8, 4) is 0 Å². The molecule has 2 atom stereocenters. The Labute approximate surface area is 109 Å². The number of alkyl halides is 1. The molecule has 94 valence electrons. The number of rotatable bonds is 2. The molecule has 3 rings (SSSR count). The molecule has 1 amide bonds. The third-order valence-corrected chi connectivity index (χ3v) is 3.35. The standard InChI is InChI=1S/C12H13ClN4O/c1-7(13)11-16-9-3-2-4-14-12(9)17(11)8-5-10(18)15-6-8/h2-4,7-8H,5-6H2,1H3,(H,15,18). The van der Waals surface area contributed by atoms with Gasteiger partial charge in [-0.1, -0.05) is 0 Å². The average Bonchev–Trinajstić information content (AvgIpc) is 2.92. The summed E-state index contributed by atoms with van der Waals surface area (Å²) in [5, 5.41) is 2.62. The molecule has 0 aromatic carbocycles. The molecule has 5 nitrogen and oxygen atoms in total. The van der Waals surface area contributed by atoms with Crippen LogP contribution >= 0.6 is 11.6 Å². The monoisotopic (exact) mass is 264 g/mol. The average molecular weight is 265 g/mol. The molecule has 2 unspecified atom stereocenters. The van der Waals surface area contributed by atoms with E-state index in [0.29, 0.717) is 13.0 Å². The molecule has 1 fully saturated rings. The molecule has 1 N–H and O–H groups in total. The van der Waals surface area contributed by atoms with E-state index in [1.165, 1.54) is 0 Å². The smallest absolute Gasteiger partial charge is 0.222 e. The molecular weight excluding hydrogens is 252 g/mol. The van der Waals surface area contributed by atoms with Crippen LogP contribution in [0.4, 0.5) is 0 Å². The van der Waals surface area contributed by atoms with Gasteiger partial charge in [0.25, 0.3) is 0 Å². The number of fused-ring (bicyclic) bond motifs is 1. The Bertz CT molecular complexity index is 607. The van der Waals surface area contributed by atoms with Crippen molar-refractivity contribution in [3.63, 3.8) is 0 Å². The highest BCUT2D eigenvalue weighted by Crippen LogP contribution is 2.29. The van der Waals surface area contributed by atoms with Crippen LogP contribution in [0.5, 0.6) is 0 Å². The molecule has 1 aliphatic heterocycles. The van der Waals surface area contributed by atoms with Crippen molar-refractivity contribution in [3.05, 3.63) is 24.2 Å². The van der Waals surface area contributed by atoms with Crippen molar-refractivity contribution in [1.29, 1.82) is 0 Å². The number of halogens is 1. The predicted octanol–water partition coefficient (Wildman–Crippen LogP) is 1.79. The molecule has 0 aliphatic carbocycles. The zero-order valence-electron chi connectivity index (χ0n) is 9.93. The SMILES string of the molecule is CC(Cl)c1nc2cccnc2n1C1CNC(=O)C1. The molecule has 1 saturated heterocycles. The number of carbonyl (C=O) groups excluding carboxylic acids is 1. The molecule has 0 spiro atoms. The summed E-state index contributed by atoms with van der Waals surface area (Å²) in [7, 11) is 0. The van der Waals surface area contributed by atoms with E-state index in [1.807, 2.05) is 23.6 Å². The van der Waals surface area contributed by atoms with Crippen LogP contribution in [0.15, 0.2) is 18.3 Å². The summed E-state index contributed by atoms with van der Waals surface area (Å²) in [6.07, 6.45) is 2.19. The summed E-state index contributed by atoms with van der Waals surface area (Å²) in [5.74, 6) is 0.831. The number of amides is 1. The third-order valence-electron chi connectivity index (χ3n) is 3.15. The normalized spacial score (nSPS) is 21.2. The van der Waals surface area contributed by atoms with E-state index in [2.05, 4.69) is 15.3 Å². The Kier molecular flexibility index (Phi) is 2.70. The first-order chi connectivity index (χ1) is 8.66. The first-order valence-electron chi connectivity index (χ1n) is 5.90. The topological polar surface area (TPSA) is 59.8 Å². The first-order valence-corrected chi connectivity index (χ1v) is 6.34. The van der Waals surface area contributed by atoms with Crippen LogP contribution in [0.1, 0.15) is 30.6 Å². The van der Waals surface area contributed by atoms with Gasteiger partial charge in [0.15, 0.2) is 5.65 Å². The summed E-state index contributed by atoms with van der Waals surface area (Å²) in [4.78, 5) is 20.2. The van der Waals surface area contributed by atoms with Gasteiger partial charge in [-0.05, 0) is 19.1 Å². The number of hydrogen-bond donors (Lipinski definition) is 1. The molecule has 0 radical (unpaired) electrons. The zero-order valence-corrected chi connectivity index (χ0v) is 10.7. The minimum atomic E-state index is -0.213. The molecular formula is C12H13ClN4O. The first kappa shape index (κ1) is 11.5. The van der Waals surface area contributed by atoms with E-state index in [0.717, 1.165) is 17.0 Å². The van der Waals surface area contributed by atoms with Gasteiger partial charge in [0.2, 0.25) is 5.91 Å². The van der Waals surface area contributed by atoms with Gasteiger partial charge in [-0.3, -0.25) is 4.79 Å². The number of nitrogens with zero attached hydrogens (tertiary/aromatic N) is 3.